The Kier molecular flexibility index (Phi) is 4.97. The zero-order valence-electron chi connectivity index (χ0n) is 12.7. The molecule has 1 aliphatic carbocycles. The first kappa shape index (κ1) is 16.1. The maximum absolute atomic E-state index is 12.7. The van der Waals surface area contributed by atoms with E-state index in [9.17, 15) is 13.2 Å². The van der Waals surface area contributed by atoms with Gasteiger partial charge in [-0.3, -0.25) is 10.3 Å². The Hall–Kier alpha value is -0.760. The van der Waals surface area contributed by atoms with E-state index < -0.39 is 9.84 Å². The summed E-state index contributed by atoms with van der Waals surface area (Å²) in [5.74, 6) is 1.21. The van der Waals surface area contributed by atoms with Crippen molar-refractivity contribution >= 4 is 32.8 Å². The molecule has 3 aliphatic rings. The molecule has 0 spiro atoms. The summed E-state index contributed by atoms with van der Waals surface area (Å²) in [6.45, 7) is 0.738. The van der Waals surface area contributed by atoms with Crippen LogP contribution in [-0.2, 0) is 9.84 Å². The van der Waals surface area contributed by atoms with Crippen molar-refractivity contribution in [3.05, 3.63) is 0 Å². The third kappa shape index (κ3) is 3.76. The number of amides is 2. The van der Waals surface area contributed by atoms with E-state index in [-0.39, 0.29) is 29.6 Å². The molecule has 1 N–H and O–H groups in total. The normalized spacial score (nSPS) is 28.4. The molecule has 1 atom stereocenters. The van der Waals surface area contributed by atoms with E-state index >= 15 is 0 Å². The van der Waals surface area contributed by atoms with Crippen LogP contribution >= 0.6 is 11.8 Å². The van der Waals surface area contributed by atoms with Gasteiger partial charge in [0.1, 0.15) is 0 Å². The van der Waals surface area contributed by atoms with E-state index in [1.807, 2.05) is 4.90 Å². The van der Waals surface area contributed by atoms with E-state index in [0.29, 0.717) is 11.6 Å². The number of sulfone groups is 1. The second kappa shape index (κ2) is 6.78. The van der Waals surface area contributed by atoms with Crippen LogP contribution in [-0.4, -0.2) is 60.4 Å². The first-order valence-corrected chi connectivity index (χ1v) is 10.8. The minimum absolute atomic E-state index is 0.108. The smallest absolute Gasteiger partial charge is 0.317 e. The molecule has 2 fully saturated rings. The van der Waals surface area contributed by atoms with Crippen molar-refractivity contribution in [1.82, 2.24) is 10.2 Å². The molecule has 1 unspecified atom stereocenters. The fourth-order valence-corrected chi connectivity index (χ4v) is 5.98. The van der Waals surface area contributed by atoms with Gasteiger partial charge in [0, 0.05) is 17.8 Å². The molecule has 0 bridgehead atoms. The summed E-state index contributed by atoms with van der Waals surface area (Å²) in [4.78, 5) is 18.8. The van der Waals surface area contributed by atoms with Crippen molar-refractivity contribution in [2.75, 3.05) is 23.8 Å². The van der Waals surface area contributed by atoms with Gasteiger partial charge < -0.3 is 4.90 Å². The number of thioether (sulfide) groups is 1. The highest BCUT2D eigenvalue weighted by molar-refractivity contribution is 8.14. The molecular formula is C14H23N3O3S2. The number of hydrogen-bond donors (Lipinski definition) is 1. The van der Waals surface area contributed by atoms with E-state index in [1.165, 1.54) is 6.42 Å². The second-order valence-corrected chi connectivity index (χ2v) is 9.53. The Morgan fingerprint density at radius 1 is 1.18 bits per heavy atom. The van der Waals surface area contributed by atoms with Crippen LogP contribution in [0.2, 0.25) is 0 Å². The molecular weight excluding hydrogens is 322 g/mol. The summed E-state index contributed by atoms with van der Waals surface area (Å²) in [5.41, 5.74) is 0. The van der Waals surface area contributed by atoms with Crippen molar-refractivity contribution < 1.29 is 13.2 Å². The van der Waals surface area contributed by atoms with Crippen LogP contribution in [0.1, 0.15) is 38.5 Å². The SMILES string of the molecule is O=C(NC1=NCCS1)N(C1CCCCC1)C1CCS(=O)(=O)C1. The number of carbonyl (C=O) groups excluding carboxylic acids is 1. The molecule has 3 rings (SSSR count). The van der Waals surface area contributed by atoms with Gasteiger partial charge in [-0.15, -0.1) is 0 Å². The Morgan fingerprint density at radius 3 is 2.55 bits per heavy atom. The summed E-state index contributed by atoms with van der Waals surface area (Å²) in [5, 5.41) is 3.56. The lowest BCUT2D eigenvalue weighted by Gasteiger charge is -2.38. The van der Waals surface area contributed by atoms with Crippen molar-refractivity contribution in [1.29, 1.82) is 0 Å². The zero-order chi connectivity index (χ0) is 15.6. The number of hydrogen-bond acceptors (Lipinski definition) is 5. The van der Waals surface area contributed by atoms with Crippen molar-refractivity contribution in [2.24, 2.45) is 4.99 Å². The molecule has 1 saturated heterocycles. The summed E-state index contributed by atoms with van der Waals surface area (Å²) in [6, 6.07) is -0.179. The number of nitrogens with zero attached hydrogens (tertiary/aromatic N) is 2. The molecule has 0 aromatic heterocycles. The van der Waals surface area contributed by atoms with Gasteiger partial charge in [-0.2, -0.15) is 0 Å². The second-order valence-electron chi connectivity index (χ2n) is 6.22. The predicted molar refractivity (Wildman–Crippen MR) is 89.1 cm³/mol. The number of carbonyl (C=O) groups is 1. The summed E-state index contributed by atoms with van der Waals surface area (Å²) in [6.07, 6.45) is 5.95. The lowest BCUT2D eigenvalue weighted by atomic mass is 9.93. The lowest BCUT2D eigenvalue weighted by molar-refractivity contribution is 0.134. The topological polar surface area (TPSA) is 78.8 Å². The third-order valence-corrected chi connectivity index (χ3v) is 7.25. The minimum atomic E-state index is -3.00. The number of urea groups is 1. The molecule has 2 aliphatic heterocycles. The van der Waals surface area contributed by atoms with E-state index in [0.717, 1.165) is 38.0 Å². The standard InChI is InChI=1S/C14H23N3O3S2/c18-14(16-13-15-7-8-21-13)17(11-4-2-1-3-5-11)12-6-9-22(19,20)10-12/h11-12H,1-10H2,(H,15,16,18). The Bertz CT molecular complexity index is 556. The third-order valence-electron chi connectivity index (χ3n) is 4.60. The first-order chi connectivity index (χ1) is 10.6. The Labute approximate surface area is 136 Å². The average molecular weight is 345 g/mol. The number of aliphatic imine (C=N–C) groups is 1. The number of amidine groups is 1. The van der Waals surface area contributed by atoms with Crippen molar-refractivity contribution in [2.45, 2.75) is 50.6 Å². The molecule has 0 aromatic carbocycles. The van der Waals surface area contributed by atoms with Crippen LogP contribution in [0.15, 0.2) is 4.99 Å². The van der Waals surface area contributed by atoms with Crippen molar-refractivity contribution in [3.63, 3.8) is 0 Å². The largest absolute Gasteiger partial charge is 0.323 e. The fourth-order valence-electron chi connectivity index (χ4n) is 3.55. The monoisotopic (exact) mass is 345 g/mol. The van der Waals surface area contributed by atoms with Crippen molar-refractivity contribution in [3.8, 4) is 0 Å². The maximum atomic E-state index is 12.7. The van der Waals surface area contributed by atoms with Gasteiger partial charge >= 0.3 is 6.03 Å². The molecule has 8 heteroatoms. The van der Waals surface area contributed by atoms with Gasteiger partial charge in [0.2, 0.25) is 0 Å². The van der Waals surface area contributed by atoms with Gasteiger partial charge in [0.25, 0.3) is 0 Å². The average Bonchev–Trinajstić information content (AvgIpc) is 3.10. The Morgan fingerprint density at radius 2 is 1.95 bits per heavy atom. The highest BCUT2D eigenvalue weighted by Gasteiger charge is 2.38. The first-order valence-electron chi connectivity index (χ1n) is 8.02. The van der Waals surface area contributed by atoms with E-state index in [2.05, 4.69) is 10.3 Å². The van der Waals surface area contributed by atoms with Crippen LogP contribution in [0, 0.1) is 0 Å². The predicted octanol–water partition coefficient (Wildman–Crippen LogP) is 1.62. The minimum Gasteiger partial charge on any atom is -0.317 e. The zero-order valence-corrected chi connectivity index (χ0v) is 14.3. The van der Waals surface area contributed by atoms with Crippen LogP contribution < -0.4 is 5.32 Å². The molecule has 0 radical (unpaired) electrons. The van der Waals surface area contributed by atoms with Gasteiger partial charge in [0.05, 0.1) is 18.1 Å². The Balaban J connectivity index is 1.74. The summed E-state index contributed by atoms with van der Waals surface area (Å²) < 4.78 is 23.6. The lowest BCUT2D eigenvalue weighted by Crippen LogP contribution is -2.53. The van der Waals surface area contributed by atoms with Gasteiger partial charge in [0.15, 0.2) is 15.0 Å². The van der Waals surface area contributed by atoms with Gasteiger partial charge in [-0.05, 0) is 19.3 Å². The molecule has 124 valence electrons. The highest BCUT2D eigenvalue weighted by atomic mass is 32.2. The molecule has 0 aromatic rings. The van der Waals surface area contributed by atoms with Crippen LogP contribution in [0.5, 0.6) is 0 Å². The molecule has 6 nitrogen and oxygen atoms in total. The number of nitrogens with one attached hydrogen (secondary N) is 1. The summed E-state index contributed by atoms with van der Waals surface area (Å²) >= 11 is 1.55. The van der Waals surface area contributed by atoms with Crippen LogP contribution in [0.3, 0.4) is 0 Å². The van der Waals surface area contributed by atoms with Gasteiger partial charge in [-0.25, -0.2) is 13.2 Å². The molecule has 2 heterocycles. The van der Waals surface area contributed by atoms with Gasteiger partial charge in [-0.1, -0.05) is 31.0 Å². The highest BCUT2D eigenvalue weighted by Crippen LogP contribution is 2.28. The quantitative estimate of drug-likeness (QED) is 0.825. The van der Waals surface area contributed by atoms with E-state index in [4.69, 9.17) is 0 Å². The number of rotatable bonds is 2. The molecule has 22 heavy (non-hydrogen) atoms. The van der Waals surface area contributed by atoms with Crippen LogP contribution in [0.4, 0.5) is 4.79 Å². The molecule has 2 amide bonds. The summed E-state index contributed by atoms with van der Waals surface area (Å²) in [7, 11) is -3.00. The van der Waals surface area contributed by atoms with Crippen LogP contribution in [0.25, 0.3) is 0 Å². The van der Waals surface area contributed by atoms with E-state index in [1.54, 1.807) is 11.8 Å². The fraction of sp³-hybridized carbons (Fsp3) is 0.857. The molecule has 1 saturated carbocycles. The maximum Gasteiger partial charge on any atom is 0.323 e.